The fourth-order valence-corrected chi connectivity index (χ4v) is 2.39. The monoisotopic (exact) mass is 273 g/mol. The summed E-state index contributed by atoms with van der Waals surface area (Å²) in [5.74, 6) is 2.16. The van der Waals surface area contributed by atoms with E-state index in [-0.39, 0.29) is 0 Å². The van der Waals surface area contributed by atoms with Crippen LogP contribution >= 0.6 is 0 Å². The summed E-state index contributed by atoms with van der Waals surface area (Å²) >= 11 is 0. The molecular formula is C16H23N3O. The van der Waals surface area contributed by atoms with Crippen molar-refractivity contribution in [3.63, 3.8) is 0 Å². The molecule has 0 bridgehead atoms. The van der Waals surface area contributed by atoms with Gasteiger partial charge in [-0.15, -0.1) is 0 Å². The van der Waals surface area contributed by atoms with Gasteiger partial charge in [-0.25, -0.2) is 0 Å². The molecule has 0 unspecified atom stereocenters. The third kappa shape index (κ3) is 2.64. The van der Waals surface area contributed by atoms with Crippen molar-refractivity contribution in [2.24, 2.45) is 13.0 Å². The van der Waals surface area contributed by atoms with Crippen molar-refractivity contribution in [1.29, 1.82) is 0 Å². The molecule has 2 N–H and O–H groups in total. The highest BCUT2D eigenvalue weighted by atomic mass is 16.5. The average molecular weight is 273 g/mol. The van der Waals surface area contributed by atoms with Crippen LogP contribution in [0.1, 0.15) is 25.0 Å². The lowest BCUT2D eigenvalue weighted by molar-refractivity contribution is 0.412. The van der Waals surface area contributed by atoms with Gasteiger partial charge in [0.25, 0.3) is 0 Å². The van der Waals surface area contributed by atoms with E-state index in [1.54, 1.807) is 11.8 Å². The maximum atomic E-state index is 6.16. The van der Waals surface area contributed by atoms with E-state index >= 15 is 0 Å². The number of ether oxygens (including phenoxy) is 1. The second kappa shape index (κ2) is 5.57. The molecule has 4 heteroatoms. The number of nitrogen functional groups attached to an aromatic ring is 1. The van der Waals surface area contributed by atoms with Crippen molar-refractivity contribution in [2.45, 2.75) is 27.2 Å². The first-order valence-electron chi connectivity index (χ1n) is 6.90. The first-order valence-corrected chi connectivity index (χ1v) is 6.90. The van der Waals surface area contributed by atoms with Crippen molar-refractivity contribution in [2.75, 3.05) is 12.8 Å². The molecule has 1 aromatic heterocycles. The predicted molar refractivity (Wildman–Crippen MR) is 82.9 cm³/mol. The zero-order valence-electron chi connectivity index (χ0n) is 12.9. The van der Waals surface area contributed by atoms with Gasteiger partial charge < -0.3 is 10.5 Å². The highest BCUT2D eigenvalue weighted by Crippen LogP contribution is 2.32. The Hall–Kier alpha value is -1.97. The Morgan fingerprint density at radius 1 is 1.35 bits per heavy atom. The Balaban J connectivity index is 2.54. The molecule has 0 spiro atoms. The van der Waals surface area contributed by atoms with Crippen molar-refractivity contribution in [1.82, 2.24) is 9.78 Å². The summed E-state index contributed by atoms with van der Waals surface area (Å²) in [7, 11) is 3.57. The van der Waals surface area contributed by atoms with E-state index in [9.17, 15) is 0 Å². The van der Waals surface area contributed by atoms with Gasteiger partial charge in [-0.1, -0.05) is 26.0 Å². The van der Waals surface area contributed by atoms with Crippen LogP contribution in [0.15, 0.2) is 18.2 Å². The Labute approximate surface area is 120 Å². The quantitative estimate of drug-likeness (QED) is 0.930. The Morgan fingerprint density at radius 2 is 2.05 bits per heavy atom. The van der Waals surface area contributed by atoms with Crippen LogP contribution in [-0.2, 0) is 13.5 Å². The number of benzene rings is 1. The lowest BCUT2D eigenvalue weighted by atomic mass is 9.98. The van der Waals surface area contributed by atoms with Gasteiger partial charge in [-0.3, -0.25) is 4.68 Å². The third-order valence-corrected chi connectivity index (χ3v) is 3.49. The molecule has 0 fully saturated rings. The Bertz CT molecular complexity index is 614. The minimum atomic E-state index is 0.535. The summed E-state index contributed by atoms with van der Waals surface area (Å²) in [4.78, 5) is 0. The van der Waals surface area contributed by atoms with Crippen LogP contribution < -0.4 is 10.5 Å². The number of hydrogen-bond acceptors (Lipinski definition) is 3. The second-order valence-corrected chi connectivity index (χ2v) is 5.62. The van der Waals surface area contributed by atoms with Crippen LogP contribution in [0.3, 0.4) is 0 Å². The largest absolute Gasteiger partial charge is 0.496 e. The van der Waals surface area contributed by atoms with Crippen molar-refractivity contribution in [3.05, 3.63) is 29.3 Å². The lowest BCUT2D eigenvalue weighted by Crippen LogP contribution is -2.02. The molecule has 108 valence electrons. The van der Waals surface area contributed by atoms with Crippen molar-refractivity contribution in [3.8, 4) is 17.0 Å². The minimum absolute atomic E-state index is 0.535. The smallest absolute Gasteiger partial charge is 0.125 e. The summed E-state index contributed by atoms with van der Waals surface area (Å²) < 4.78 is 7.15. The van der Waals surface area contributed by atoms with Gasteiger partial charge in [0.15, 0.2) is 0 Å². The van der Waals surface area contributed by atoms with Gasteiger partial charge in [-0.05, 0) is 30.9 Å². The van der Waals surface area contributed by atoms with E-state index in [1.807, 2.05) is 20.0 Å². The third-order valence-electron chi connectivity index (χ3n) is 3.49. The standard InChI is InChI=1S/C16H23N3O/c1-10(2)8-13-15(18-19(4)16(13)17)12-7-6-11(3)14(9-12)20-5/h6-7,9-10H,8,17H2,1-5H3. The number of hydrogen-bond donors (Lipinski definition) is 1. The van der Waals surface area contributed by atoms with E-state index in [2.05, 4.69) is 31.1 Å². The van der Waals surface area contributed by atoms with E-state index < -0.39 is 0 Å². The molecule has 1 aromatic carbocycles. The zero-order chi connectivity index (χ0) is 14.9. The fraction of sp³-hybridized carbons (Fsp3) is 0.438. The molecule has 0 aliphatic carbocycles. The van der Waals surface area contributed by atoms with Crippen molar-refractivity contribution >= 4 is 5.82 Å². The summed E-state index contributed by atoms with van der Waals surface area (Å²) in [5.41, 5.74) is 10.4. The molecule has 0 radical (unpaired) electrons. The predicted octanol–water partition coefficient (Wildman–Crippen LogP) is 3.18. The fourth-order valence-electron chi connectivity index (χ4n) is 2.39. The van der Waals surface area contributed by atoms with Gasteiger partial charge in [0.05, 0.1) is 12.8 Å². The molecular weight excluding hydrogens is 250 g/mol. The van der Waals surface area contributed by atoms with Gasteiger partial charge in [-0.2, -0.15) is 5.10 Å². The zero-order valence-corrected chi connectivity index (χ0v) is 12.9. The van der Waals surface area contributed by atoms with Gasteiger partial charge >= 0.3 is 0 Å². The van der Waals surface area contributed by atoms with E-state index in [0.717, 1.165) is 40.4 Å². The first-order chi connectivity index (χ1) is 9.43. The average Bonchev–Trinajstić information content (AvgIpc) is 2.67. The van der Waals surface area contributed by atoms with Crippen LogP contribution in [0.4, 0.5) is 5.82 Å². The van der Waals surface area contributed by atoms with Crippen molar-refractivity contribution < 1.29 is 4.74 Å². The summed E-state index contributed by atoms with van der Waals surface area (Å²) in [6.45, 7) is 6.41. The highest BCUT2D eigenvalue weighted by Gasteiger charge is 2.17. The normalized spacial score (nSPS) is 11.1. The van der Waals surface area contributed by atoms with Crippen LogP contribution in [0, 0.1) is 12.8 Å². The molecule has 0 saturated carbocycles. The number of methoxy groups -OCH3 is 1. The molecule has 0 amide bonds. The maximum Gasteiger partial charge on any atom is 0.125 e. The van der Waals surface area contributed by atoms with Crippen LogP contribution in [0.5, 0.6) is 5.75 Å². The number of aromatic nitrogens is 2. The summed E-state index contributed by atoms with van der Waals surface area (Å²) in [5, 5.41) is 4.57. The molecule has 2 aromatic rings. The van der Waals surface area contributed by atoms with Crippen LogP contribution in [-0.4, -0.2) is 16.9 Å². The molecule has 2 rings (SSSR count). The number of anilines is 1. The first kappa shape index (κ1) is 14.4. The Morgan fingerprint density at radius 3 is 2.65 bits per heavy atom. The molecule has 20 heavy (non-hydrogen) atoms. The van der Waals surface area contributed by atoms with E-state index in [0.29, 0.717) is 5.92 Å². The lowest BCUT2D eigenvalue weighted by Gasteiger charge is -2.09. The van der Waals surface area contributed by atoms with E-state index in [1.165, 1.54) is 0 Å². The summed E-state index contributed by atoms with van der Waals surface area (Å²) in [6, 6.07) is 6.16. The van der Waals surface area contributed by atoms with E-state index in [4.69, 9.17) is 10.5 Å². The molecule has 0 atom stereocenters. The van der Waals surface area contributed by atoms with Gasteiger partial charge in [0, 0.05) is 18.2 Å². The molecule has 0 saturated heterocycles. The second-order valence-electron chi connectivity index (χ2n) is 5.62. The molecule has 4 nitrogen and oxygen atoms in total. The number of aryl methyl sites for hydroxylation is 2. The highest BCUT2D eigenvalue weighted by molar-refractivity contribution is 5.70. The van der Waals surface area contributed by atoms with Gasteiger partial charge in [0.1, 0.15) is 11.6 Å². The maximum absolute atomic E-state index is 6.16. The van der Waals surface area contributed by atoms with Gasteiger partial charge in [0.2, 0.25) is 0 Å². The number of rotatable bonds is 4. The molecule has 0 aliphatic rings. The minimum Gasteiger partial charge on any atom is -0.496 e. The van der Waals surface area contributed by atoms with Crippen LogP contribution in [0.25, 0.3) is 11.3 Å². The summed E-state index contributed by atoms with van der Waals surface area (Å²) in [6.07, 6.45) is 0.922. The number of nitrogens with zero attached hydrogens (tertiary/aromatic N) is 2. The molecule has 0 aliphatic heterocycles. The molecule has 1 heterocycles. The Kier molecular flexibility index (Phi) is 4.02. The topological polar surface area (TPSA) is 53.1 Å². The SMILES string of the molecule is COc1cc(-c2nn(C)c(N)c2CC(C)C)ccc1C. The number of nitrogens with two attached hydrogens (primary N) is 1. The van der Waals surface area contributed by atoms with Crippen LogP contribution in [0.2, 0.25) is 0 Å².